The first-order chi connectivity index (χ1) is 17.1. The van der Waals surface area contributed by atoms with Crippen LogP contribution in [0, 0.1) is 6.92 Å². The molecule has 1 N–H and O–H groups in total. The Labute approximate surface area is 218 Å². The van der Waals surface area contributed by atoms with Crippen LogP contribution < -0.4 is 10.2 Å². The first-order valence-electron chi connectivity index (χ1n) is 11.5. The van der Waals surface area contributed by atoms with Crippen molar-refractivity contribution in [3.8, 4) is 5.69 Å². The molecule has 3 heterocycles. The number of nitrogens with zero attached hydrogens (tertiary/aromatic N) is 3. The average Bonchev–Trinajstić information content (AvgIpc) is 3.50. The van der Waals surface area contributed by atoms with Crippen molar-refractivity contribution in [2.75, 3.05) is 4.90 Å². The number of anilines is 1. The summed E-state index contributed by atoms with van der Waals surface area (Å²) in [7, 11) is 0. The van der Waals surface area contributed by atoms with Gasteiger partial charge in [-0.3, -0.25) is 4.98 Å². The zero-order valence-corrected chi connectivity index (χ0v) is 21.5. The van der Waals surface area contributed by atoms with Gasteiger partial charge in [0.2, 0.25) is 0 Å². The van der Waals surface area contributed by atoms with Crippen LogP contribution in [0.2, 0.25) is 0 Å². The van der Waals surface area contributed by atoms with Gasteiger partial charge in [-0.15, -0.1) is 0 Å². The van der Waals surface area contributed by atoms with Crippen molar-refractivity contribution in [3.05, 3.63) is 125 Å². The van der Waals surface area contributed by atoms with E-state index in [2.05, 4.69) is 123 Å². The van der Waals surface area contributed by atoms with E-state index in [9.17, 15) is 0 Å². The lowest BCUT2D eigenvalue weighted by atomic mass is 10.00. The summed E-state index contributed by atoms with van der Waals surface area (Å²) in [5.74, 6) is 0. The van der Waals surface area contributed by atoms with E-state index < -0.39 is 0 Å². The largest absolute Gasteiger partial charge is 0.351 e. The molecular weight excluding hydrogens is 516 g/mol. The number of hydrogen-bond donors (Lipinski definition) is 1. The van der Waals surface area contributed by atoms with E-state index in [1.54, 1.807) is 0 Å². The molecule has 1 aliphatic rings. The number of hydrogen-bond acceptors (Lipinski definition) is 2. The topological polar surface area (TPSA) is 33.1 Å². The van der Waals surface area contributed by atoms with Gasteiger partial charge >= 0.3 is 0 Å². The maximum atomic E-state index is 5.92. The van der Waals surface area contributed by atoms with E-state index in [0.29, 0.717) is 5.11 Å². The number of benzene rings is 3. The number of aromatic nitrogens is 2. The highest BCUT2D eigenvalue weighted by atomic mass is 79.9. The van der Waals surface area contributed by atoms with Crippen molar-refractivity contribution in [2.45, 2.75) is 19.0 Å². The van der Waals surface area contributed by atoms with Crippen LogP contribution in [-0.4, -0.2) is 14.7 Å². The molecule has 2 aromatic heterocycles. The van der Waals surface area contributed by atoms with Crippen molar-refractivity contribution in [2.24, 2.45) is 0 Å². The van der Waals surface area contributed by atoms with Gasteiger partial charge in [0.25, 0.3) is 0 Å². The number of halogens is 1. The fourth-order valence-electron chi connectivity index (χ4n) is 4.91. The molecule has 0 spiro atoms. The Morgan fingerprint density at radius 3 is 2.46 bits per heavy atom. The highest BCUT2D eigenvalue weighted by molar-refractivity contribution is 9.10. The number of rotatable bonds is 4. The van der Waals surface area contributed by atoms with Crippen LogP contribution in [0.5, 0.6) is 0 Å². The van der Waals surface area contributed by atoms with Gasteiger partial charge in [0.05, 0.1) is 11.7 Å². The maximum Gasteiger partial charge on any atom is 0.174 e. The standard InChI is InChI=1S/C29H23BrN4S/c1-19-17-23(13-14-24(19)30)34-28(27(32-29(34)35)25-9-4-5-15-31-25)26-10-6-16-33(26)22-12-11-20-7-2-3-8-21(20)18-22/h2-18,27-28H,1H3,(H,32,35)/t27-,28+/m1/s1. The van der Waals surface area contributed by atoms with Crippen molar-refractivity contribution in [1.29, 1.82) is 0 Å². The van der Waals surface area contributed by atoms with Crippen LogP contribution in [0.15, 0.2) is 108 Å². The molecule has 1 saturated heterocycles. The average molecular weight is 540 g/mol. The van der Waals surface area contributed by atoms with Crippen LogP contribution in [-0.2, 0) is 0 Å². The molecule has 2 atom stereocenters. The van der Waals surface area contributed by atoms with Crippen molar-refractivity contribution >= 4 is 49.7 Å². The minimum absolute atomic E-state index is 0.0838. The van der Waals surface area contributed by atoms with Crippen LogP contribution >= 0.6 is 28.1 Å². The third-order valence-corrected chi connectivity index (χ3v) is 7.82. The normalized spacial score (nSPS) is 17.7. The summed E-state index contributed by atoms with van der Waals surface area (Å²) in [6.07, 6.45) is 3.97. The summed E-state index contributed by atoms with van der Waals surface area (Å²) in [6, 6.07) is 31.6. The second kappa shape index (κ2) is 8.95. The number of aryl methyl sites for hydroxylation is 1. The van der Waals surface area contributed by atoms with Crippen LogP contribution in [0.25, 0.3) is 16.5 Å². The number of nitrogens with one attached hydrogen (secondary N) is 1. The van der Waals surface area contributed by atoms with Crippen molar-refractivity contribution in [3.63, 3.8) is 0 Å². The second-order valence-electron chi connectivity index (χ2n) is 8.76. The Kier molecular flexibility index (Phi) is 5.63. The van der Waals surface area contributed by atoms with Gasteiger partial charge in [-0.05, 0) is 90.1 Å². The molecule has 0 radical (unpaired) electrons. The molecule has 35 heavy (non-hydrogen) atoms. The zero-order chi connectivity index (χ0) is 23.9. The molecule has 0 bridgehead atoms. The van der Waals surface area contributed by atoms with Gasteiger partial charge in [0, 0.05) is 33.9 Å². The van der Waals surface area contributed by atoms with Gasteiger partial charge in [0.1, 0.15) is 6.04 Å². The molecule has 0 unspecified atom stereocenters. The Morgan fingerprint density at radius 2 is 1.66 bits per heavy atom. The van der Waals surface area contributed by atoms with Crippen LogP contribution in [0.3, 0.4) is 0 Å². The van der Waals surface area contributed by atoms with Gasteiger partial charge in [-0.25, -0.2) is 0 Å². The molecule has 1 fully saturated rings. The van der Waals surface area contributed by atoms with E-state index in [4.69, 9.17) is 17.2 Å². The molecule has 4 nitrogen and oxygen atoms in total. The molecule has 1 aliphatic heterocycles. The van der Waals surface area contributed by atoms with Gasteiger partial charge < -0.3 is 14.8 Å². The van der Waals surface area contributed by atoms with Crippen molar-refractivity contribution < 1.29 is 0 Å². The summed E-state index contributed by atoms with van der Waals surface area (Å²) >= 11 is 9.55. The summed E-state index contributed by atoms with van der Waals surface area (Å²) in [4.78, 5) is 6.92. The lowest BCUT2D eigenvalue weighted by molar-refractivity contribution is 0.549. The Morgan fingerprint density at radius 1 is 0.857 bits per heavy atom. The van der Waals surface area contributed by atoms with Crippen LogP contribution in [0.1, 0.15) is 29.0 Å². The van der Waals surface area contributed by atoms with Gasteiger partial charge in [-0.2, -0.15) is 0 Å². The predicted molar refractivity (Wildman–Crippen MR) is 150 cm³/mol. The lowest BCUT2D eigenvalue weighted by Gasteiger charge is -2.29. The number of thiocarbonyl (C=S) groups is 1. The Bertz CT molecular complexity index is 1550. The minimum Gasteiger partial charge on any atom is -0.351 e. The number of pyridine rings is 1. The van der Waals surface area contributed by atoms with E-state index >= 15 is 0 Å². The van der Waals surface area contributed by atoms with E-state index in [1.165, 1.54) is 10.8 Å². The predicted octanol–water partition coefficient (Wildman–Crippen LogP) is 7.27. The quantitative estimate of drug-likeness (QED) is 0.244. The molecular formula is C29H23BrN4S. The lowest BCUT2D eigenvalue weighted by Crippen LogP contribution is -2.30. The second-order valence-corrected chi connectivity index (χ2v) is 10.0. The molecule has 6 heteroatoms. The highest BCUT2D eigenvalue weighted by Crippen LogP contribution is 2.43. The smallest absolute Gasteiger partial charge is 0.174 e. The molecule has 5 aromatic rings. The molecule has 0 aliphatic carbocycles. The SMILES string of the molecule is Cc1cc(N2C(=S)N[C@H](c3ccccn3)[C@@H]2c2cccn2-c2ccc3ccccc3c2)ccc1Br. The van der Waals surface area contributed by atoms with Crippen molar-refractivity contribution in [1.82, 2.24) is 14.9 Å². The fraction of sp³-hybridized carbons (Fsp3) is 0.103. The Balaban J connectivity index is 1.52. The van der Waals surface area contributed by atoms with E-state index in [1.807, 2.05) is 18.3 Å². The molecule has 0 saturated carbocycles. The van der Waals surface area contributed by atoms with E-state index in [0.717, 1.165) is 32.8 Å². The minimum atomic E-state index is -0.0956. The van der Waals surface area contributed by atoms with Gasteiger partial charge in [0.15, 0.2) is 5.11 Å². The third-order valence-electron chi connectivity index (χ3n) is 6.61. The molecule has 172 valence electrons. The summed E-state index contributed by atoms with van der Waals surface area (Å²) in [5.41, 5.74) is 5.44. The monoisotopic (exact) mass is 538 g/mol. The third kappa shape index (κ3) is 3.93. The van der Waals surface area contributed by atoms with E-state index in [-0.39, 0.29) is 12.1 Å². The first kappa shape index (κ1) is 22.0. The maximum absolute atomic E-state index is 5.92. The number of fused-ring (bicyclic) bond motifs is 1. The zero-order valence-electron chi connectivity index (χ0n) is 19.1. The molecule has 0 amide bonds. The Hall–Kier alpha value is -3.48. The fourth-order valence-corrected chi connectivity index (χ4v) is 5.50. The first-order valence-corrected chi connectivity index (χ1v) is 12.7. The molecule has 3 aromatic carbocycles. The summed E-state index contributed by atoms with van der Waals surface area (Å²) < 4.78 is 3.35. The summed E-state index contributed by atoms with van der Waals surface area (Å²) in [6.45, 7) is 2.10. The summed E-state index contributed by atoms with van der Waals surface area (Å²) in [5, 5.41) is 6.71. The van der Waals surface area contributed by atoms with Gasteiger partial charge in [-0.1, -0.05) is 52.3 Å². The highest BCUT2D eigenvalue weighted by Gasteiger charge is 2.42. The van der Waals surface area contributed by atoms with Crippen LogP contribution in [0.4, 0.5) is 5.69 Å². The molecule has 6 rings (SSSR count).